The van der Waals surface area contributed by atoms with Gasteiger partial charge in [-0.25, -0.2) is 10.4 Å². The lowest BCUT2D eigenvalue weighted by molar-refractivity contribution is -0.142. The fourth-order valence-electron chi connectivity index (χ4n) is 3.64. The van der Waals surface area contributed by atoms with E-state index < -0.39 is 30.1 Å². The number of amides is 2. The molecule has 0 spiro atoms. The Labute approximate surface area is 173 Å². The van der Waals surface area contributed by atoms with E-state index in [0.717, 1.165) is 19.0 Å². The van der Waals surface area contributed by atoms with Gasteiger partial charge < -0.3 is 20.6 Å². The first-order valence-corrected chi connectivity index (χ1v) is 9.97. The molecule has 4 N–H and O–H groups in total. The highest BCUT2D eigenvalue weighted by atomic mass is 19.1. The van der Waals surface area contributed by atoms with Crippen molar-refractivity contribution in [3.8, 4) is 0 Å². The van der Waals surface area contributed by atoms with Gasteiger partial charge >= 0.3 is 0 Å². The van der Waals surface area contributed by atoms with Crippen LogP contribution < -0.4 is 16.1 Å². The molecule has 1 aliphatic carbocycles. The highest BCUT2D eigenvalue weighted by Gasteiger charge is 2.49. The van der Waals surface area contributed by atoms with E-state index in [-0.39, 0.29) is 28.7 Å². The number of halogens is 1. The Kier molecular flexibility index (Phi) is 5.00. The fourth-order valence-corrected chi connectivity index (χ4v) is 3.64. The molecule has 1 saturated heterocycles. The predicted molar refractivity (Wildman–Crippen MR) is 105 cm³/mol. The van der Waals surface area contributed by atoms with Crippen LogP contribution in [0, 0.1) is 11.4 Å². The average molecular weight is 419 g/mol. The minimum Gasteiger partial charge on any atom is -0.494 e. The van der Waals surface area contributed by atoms with Crippen molar-refractivity contribution in [2.75, 3.05) is 11.9 Å². The minimum absolute atomic E-state index is 0.0480. The predicted octanol–water partition coefficient (Wildman–Crippen LogP) is 0.827. The largest absolute Gasteiger partial charge is 0.494 e. The third-order valence-corrected chi connectivity index (χ3v) is 5.04. The summed E-state index contributed by atoms with van der Waals surface area (Å²) in [5, 5.41) is 18.0. The van der Waals surface area contributed by atoms with E-state index in [1.165, 1.54) is 11.2 Å². The highest BCUT2D eigenvalue weighted by molar-refractivity contribution is 6.19. The molecule has 0 radical (unpaired) electrons. The number of rotatable bonds is 5. The van der Waals surface area contributed by atoms with Gasteiger partial charge in [-0.1, -0.05) is 20.8 Å². The first-order valence-electron chi connectivity index (χ1n) is 9.97. The molecule has 11 heteroatoms. The van der Waals surface area contributed by atoms with E-state index in [4.69, 9.17) is 0 Å². The number of aromatic nitrogens is 2. The Morgan fingerprint density at radius 3 is 2.73 bits per heavy atom. The second-order valence-electron chi connectivity index (χ2n) is 9.08. The summed E-state index contributed by atoms with van der Waals surface area (Å²) < 4.78 is 13.4. The van der Waals surface area contributed by atoms with Crippen molar-refractivity contribution in [2.24, 2.45) is 5.41 Å². The van der Waals surface area contributed by atoms with Gasteiger partial charge in [0.25, 0.3) is 11.8 Å². The maximum atomic E-state index is 13.4. The van der Waals surface area contributed by atoms with Gasteiger partial charge in [-0.2, -0.15) is 9.37 Å². The molecule has 2 amide bonds. The number of hydrogen-bond donors (Lipinski definition) is 4. The second kappa shape index (κ2) is 7.38. The molecule has 0 aromatic carbocycles. The van der Waals surface area contributed by atoms with Gasteiger partial charge in [0.15, 0.2) is 5.57 Å². The molecule has 0 bridgehead atoms. The van der Waals surface area contributed by atoms with Crippen LogP contribution in [0.25, 0.3) is 0 Å². The number of hydrazine groups is 1. The van der Waals surface area contributed by atoms with Gasteiger partial charge in [0.1, 0.15) is 12.0 Å². The normalized spacial score (nSPS) is 24.2. The van der Waals surface area contributed by atoms with Crippen LogP contribution in [-0.2, 0) is 9.59 Å². The van der Waals surface area contributed by atoms with Crippen LogP contribution in [0.2, 0.25) is 0 Å². The first kappa shape index (κ1) is 20.3. The number of anilines is 1. The molecule has 3 heterocycles. The van der Waals surface area contributed by atoms with Crippen LogP contribution in [0.15, 0.2) is 23.8 Å². The van der Waals surface area contributed by atoms with Crippen LogP contribution in [0.4, 0.5) is 10.2 Å². The molecule has 4 rings (SSSR count). The number of aliphatic hydroxyl groups is 1. The Bertz CT molecular complexity index is 896. The number of fused-ring (bicyclic) bond motifs is 1. The molecule has 1 aromatic heterocycles. The Hall–Kier alpha value is -2.95. The van der Waals surface area contributed by atoms with Crippen LogP contribution in [0.3, 0.4) is 0 Å². The Morgan fingerprint density at radius 1 is 1.37 bits per heavy atom. The lowest BCUT2D eigenvalue weighted by Crippen LogP contribution is -2.58. The average Bonchev–Trinajstić information content (AvgIpc) is 3.34. The second-order valence-corrected chi connectivity index (χ2v) is 9.08. The third kappa shape index (κ3) is 4.16. The molecule has 30 heavy (non-hydrogen) atoms. The number of aliphatic hydroxyl groups excluding tert-OH is 1. The molecular weight excluding hydrogens is 393 g/mol. The summed E-state index contributed by atoms with van der Waals surface area (Å²) in [6.07, 6.45) is 3.49. The summed E-state index contributed by atoms with van der Waals surface area (Å²) in [4.78, 5) is 34.9. The lowest BCUT2D eigenvalue weighted by Gasteiger charge is -2.42. The van der Waals surface area contributed by atoms with Crippen LogP contribution >= 0.6 is 0 Å². The van der Waals surface area contributed by atoms with Crippen LogP contribution in [0.5, 0.6) is 0 Å². The molecule has 2 atom stereocenters. The molecule has 3 aliphatic rings. The summed E-state index contributed by atoms with van der Waals surface area (Å²) >= 11 is 0. The van der Waals surface area contributed by atoms with E-state index in [1.807, 2.05) is 20.8 Å². The zero-order valence-corrected chi connectivity index (χ0v) is 17.1. The summed E-state index contributed by atoms with van der Waals surface area (Å²) in [7, 11) is 0. The Morgan fingerprint density at radius 2 is 2.10 bits per heavy atom. The highest BCUT2D eigenvalue weighted by Crippen LogP contribution is 2.33. The monoisotopic (exact) mass is 419 g/mol. The van der Waals surface area contributed by atoms with E-state index in [2.05, 4.69) is 26.0 Å². The molecule has 2 aliphatic heterocycles. The summed E-state index contributed by atoms with van der Waals surface area (Å²) in [6, 6.07) is 0.0480. The van der Waals surface area contributed by atoms with Gasteiger partial charge in [0.05, 0.1) is 18.6 Å². The van der Waals surface area contributed by atoms with E-state index in [0.29, 0.717) is 13.0 Å². The van der Waals surface area contributed by atoms with E-state index in [1.54, 1.807) is 4.90 Å². The summed E-state index contributed by atoms with van der Waals surface area (Å²) in [5.74, 6) is -2.00. The quantitative estimate of drug-likeness (QED) is 0.518. The van der Waals surface area contributed by atoms with Crippen molar-refractivity contribution in [1.82, 2.24) is 30.6 Å². The van der Waals surface area contributed by atoms with Gasteiger partial charge in [-0.15, -0.1) is 0 Å². The van der Waals surface area contributed by atoms with Crippen LogP contribution in [-0.4, -0.2) is 61.7 Å². The fraction of sp³-hybridized carbons (Fsp3) is 0.579. The molecule has 1 saturated carbocycles. The molecule has 2 unspecified atom stereocenters. The third-order valence-electron chi connectivity index (χ3n) is 5.04. The topological polar surface area (TPSA) is 123 Å². The number of carbonyl (C=O) groups is 2. The smallest absolute Gasteiger partial charge is 0.281 e. The van der Waals surface area contributed by atoms with Crippen LogP contribution in [0.1, 0.15) is 40.0 Å². The number of nitrogens with zero attached hydrogens (tertiary/aromatic N) is 4. The molecule has 1 aromatic rings. The van der Waals surface area contributed by atoms with Crippen molar-refractivity contribution in [3.63, 3.8) is 0 Å². The molecule has 2 fully saturated rings. The lowest BCUT2D eigenvalue weighted by atomic mass is 9.95. The summed E-state index contributed by atoms with van der Waals surface area (Å²) in [6.45, 7) is 6.43. The van der Waals surface area contributed by atoms with Crippen molar-refractivity contribution in [3.05, 3.63) is 29.8 Å². The minimum atomic E-state index is -0.723. The first-order chi connectivity index (χ1) is 14.1. The molecule has 10 nitrogen and oxygen atoms in total. The van der Waals surface area contributed by atoms with E-state index in [9.17, 15) is 19.1 Å². The van der Waals surface area contributed by atoms with Gasteiger partial charge in [0.2, 0.25) is 11.8 Å². The zero-order valence-electron chi connectivity index (χ0n) is 17.1. The van der Waals surface area contributed by atoms with Gasteiger partial charge in [0, 0.05) is 19.0 Å². The molecule has 162 valence electrons. The van der Waals surface area contributed by atoms with Gasteiger partial charge in [-0.05, 0) is 18.3 Å². The maximum Gasteiger partial charge on any atom is 0.281 e. The Balaban J connectivity index is 1.60. The number of nitrogens with one attached hydrogen (secondary N) is 3. The van der Waals surface area contributed by atoms with Crippen molar-refractivity contribution in [1.29, 1.82) is 0 Å². The number of carbonyl (C=O) groups excluding carboxylic acids is 2. The van der Waals surface area contributed by atoms with E-state index >= 15 is 0 Å². The van der Waals surface area contributed by atoms with Crippen molar-refractivity contribution >= 4 is 17.6 Å². The SMILES string of the molecule is CC(C)(C)CN1C(O)=C(C(=O)NC2CC2)C(=O)N2NC(Nc3cncc(F)n3)CC12. The standard InChI is InChI=1S/C19H26FN7O3/c1-19(2,3)9-26-14-6-12(24-13-8-21-7-11(20)23-13)25-27(14)18(30)15(17(26)29)16(28)22-10-4-5-10/h7-8,10,12,14,25,29H,4-6,9H2,1-3H3,(H,22,28)(H,23,24). The molecular formula is C19H26FN7O3. The van der Waals surface area contributed by atoms with Crippen molar-refractivity contribution < 1.29 is 19.1 Å². The maximum absolute atomic E-state index is 13.4. The zero-order chi connectivity index (χ0) is 21.6. The van der Waals surface area contributed by atoms with Gasteiger partial charge in [-0.3, -0.25) is 14.6 Å². The summed E-state index contributed by atoms with van der Waals surface area (Å²) in [5.41, 5.74) is 2.53. The number of hydrogen-bond acceptors (Lipinski definition) is 8. The van der Waals surface area contributed by atoms with Crippen molar-refractivity contribution in [2.45, 2.75) is 58.4 Å².